The molecule has 1 saturated carbocycles. The summed E-state index contributed by atoms with van der Waals surface area (Å²) in [6.45, 7) is 1.07. The Bertz CT molecular complexity index is 429. The number of rotatable bonds is 4. The molecule has 0 bridgehead atoms. The van der Waals surface area contributed by atoms with Crippen molar-refractivity contribution in [2.45, 2.75) is 44.2 Å². The zero-order valence-electron chi connectivity index (χ0n) is 10.8. The van der Waals surface area contributed by atoms with Crippen molar-refractivity contribution in [1.82, 2.24) is 4.90 Å². The lowest BCUT2D eigenvalue weighted by Crippen LogP contribution is -2.43. The Kier molecular flexibility index (Phi) is 3.27. The molecule has 1 unspecified atom stereocenters. The third-order valence-electron chi connectivity index (χ3n) is 4.52. The minimum Gasteiger partial charge on any atom is -0.399 e. The van der Waals surface area contributed by atoms with Crippen molar-refractivity contribution in [3.63, 3.8) is 0 Å². The fourth-order valence-corrected chi connectivity index (χ4v) is 3.39. The monoisotopic (exact) mass is 246 g/mol. The minimum absolute atomic E-state index is 0.261. The molecule has 1 aromatic carbocycles. The van der Waals surface area contributed by atoms with E-state index in [4.69, 9.17) is 5.73 Å². The van der Waals surface area contributed by atoms with Gasteiger partial charge in [0.1, 0.15) is 0 Å². The number of fused-ring (bicyclic) bond motifs is 1. The van der Waals surface area contributed by atoms with Crippen LogP contribution in [-0.4, -0.2) is 29.2 Å². The molecule has 0 radical (unpaired) electrons. The molecule has 2 aliphatic rings. The normalized spacial score (nSPS) is 23.1. The number of nitrogens with zero attached hydrogens (tertiary/aromatic N) is 1. The summed E-state index contributed by atoms with van der Waals surface area (Å²) in [5.74, 6) is 0. The maximum absolute atomic E-state index is 9.30. The Labute approximate surface area is 109 Å². The van der Waals surface area contributed by atoms with Gasteiger partial charge in [-0.15, -0.1) is 0 Å². The number of hydrogen-bond acceptors (Lipinski definition) is 3. The summed E-state index contributed by atoms with van der Waals surface area (Å²) in [5.41, 5.74) is 9.56. The molecule has 1 atom stereocenters. The van der Waals surface area contributed by atoms with Gasteiger partial charge in [0.15, 0.2) is 0 Å². The molecule has 0 amide bonds. The van der Waals surface area contributed by atoms with Crippen LogP contribution in [0, 0.1) is 0 Å². The second-order valence-electron chi connectivity index (χ2n) is 5.56. The summed E-state index contributed by atoms with van der Waals surface area (Å²) in [4.78, 5) is 2.52. The quantitative estimate of drug-likeness (QED) is 0.800. The van der Waals surface area contributed by atoms with E-state index in [-0.39, 0.29) is 6.61 Å². The van der Waals surface area contributed by atoms with Crippen LogP contribution in [0.3, 0.4) is 0 Å². The zero-order valence-corrected chi connectivity index (χ0v) is 10.8. The summed E-state index contributed by atoms with van der Waals surface area (Å²) >= 11 is 0. The highest BCUT2D eigenvalue weighted by Crippen LogP contribution is 2.40. The van der Waals surface area contributed by atoms with Crippen LogP contribution in [0.2, 0.25) is 0 Å². The van der Waals surface area contributed by atoms with Gasteiger partial charge >= 0.3 is 0 Å². The van der Waals surface area contributed by atoms with Gasteiger partial charge in [0.2, 0.25) is 0 Å². The number of anilines is 1. The van der Waals surface area contributed by atoms with Crippen molar-refractivity contribution in [3.8, 4) is 0 Å². The second-order valence-corrected chi connectivity index (χ2v) is 5.56. The second kappa shape index (κ2) is 4.90. The summed E-state index contributed by atoms with van der Waals surface area (Å²) in [5, 5.41) is 9.30. The number of hydrogen-bond donors (Lipinski definition) is 2. The molecule has 18 heavy (non-hydrogen) atoms. The van der Waals surface area contributed by atoms with Gasteiger partial charge in [-0.2, -0.15) is 0 Å². The van der Waals surface area contributed by atoms with Gasteiger partial charge < -0.3 is 10.8 Å². The minimum atomic E-state index is 0.261. The van der Waals surface area contributed by atoms with E-state index in [1.807, 2.05) is 6.07 Å². The van der Waals surface area contributed by atoms with Crippen LogP contribution >= 0.6 is 0 Å². The number of benzene rings is 1. The smallest absolute Gasteiger partial charge is 0.0558 e. The molecule has 3 N–H and O–H groups in total. The van der Waals surface area contributed by atoms with Crippen molar-refractivity contribution >= 4 is 5.69 Å². The molecular weight excluding hydrogens is 224 g/mol. The van der Waals surface area contributed by atoms with E-state index < -0.39 is 0 Å². The van der Waals surface area contributed by atoms with Crippen molar-refractivity contribution < 1.29 is 5.11 Å². The van der Waals surface area contributed by atoms with Crippen molar-refractivity contribution in [2.75, 3.05) is 18.9 Å². The first kappa shape index (κ1) is 12.0. The van der Waals surface area contributed by atoms with E-state index in [9.17, 15) is 5.11 Å². The van der Waals surface area contributed by atoms with Crippen LogP contribution in [0.25, 0.3) is 0 Å². The molecule has 3 nitrogen and oxygen atoms in total. The summed E-state index contributed by atoms with van der Waals surface area (Å²) in [6.07, 6.45) is 6.23. The van der Waals surface area contributed by atoms with Gasteiger partial charge in [0.05, 0.1) is 6.61 Å². The summed E-state index contributed by atoms with van der Waals surface area (Å²) in [7, 11) is 0. The molecule has 0 spiro atoms. The van der Waals surface area contributed by atoms with Gasteiger partial charge in [-0.05, 0) is 48.9 Å². The predicted molar refractivity (Wildman–Crippen MR) is 73.3 cm³/mol. The SMILES string of the molecule is Nc1ccc2c(c1)CCC2N(CCO)C1CCC1. The van der Waals surface area contributed by atoms with Gasteiger partial charge in [-0.3, -0.25) is 4.90 Å². The van der Waals surface area contributed by atoms with Gasteiger partial charge in [0.25, 0.3) is 0 Å². The Hall–Kier alpha value is -1.06. The van der Waals surface area contributed by atoms with Crippen molar-refractivity contribution in [1.29, 1.82) is 0 Å². The molecule has 3 heteroatoms. The molecule has 0 heterocycles. The number of nitrogen functional groups attached to an aromatic ring is 1. The van der Waals surface area contributed by atoms with E-state index >= 15 is 0 Å². The fourth-order valence-electron chi connectivity index (χ4n) is 3.39. The van der Waals surface area contributed by atoms with Crippen molar-refractivity contribution in [2.24, 2.45) is 0 Å². The lowest BCUT2D eigenvalue weighted by Gasteiger charge is -2.41. The van der Waals surface area contributed by atoms with Crippen LogP contribution < -0.4 is 5.73 Å². The van der Waals surface area contributed by atoms with Crippen LogP contribution in [0.4, 0.5) is 5.69 Å². The largest absolute Gasteiger partial charge is 0.399 e. The molecule has 3 rings (SSSR count). The third-order valence-corrected chi connectivity index (χ3v) is 4.52. The zero-order chi connectivity index (χ0) is 12.5. The average Bonchev–Trinajstić information content (AvgIpc) is 2.68. The highest BCUT2D eigenvalue weighted by molar-refractivity contribution is 5.47. The summed E-state index contributed by atoms with van der Waals surface area (Å²) in [6, 6.07) is 7.50. The predicted octanol–water partition coefficient (Wildman–Crippen LogP) is 2.10. The molecule has 0 aromatic heterocycles. The fraction of sp³-hybridized carbons (Fsp3) is 0.600. The topological polar surface area (TPSA) is 49.5 Å². The first-order chi connectivity index (χ1) is 8.79. The summed E-state index contributed by atoms with van der Waals surface area (Å²) < 4.78 is 0. The Balaban J connectivity index is 1.84. The Morgan fingerprint density at radius 2 is 2.11 bits per heavy atom. The molecule has 98 valence electrons. The first-order valence-corrected chi connectivity index (χ1v) is 7.04. The number of aryl methyl sites for hydroxylation is 1. The molecule has 0 aliphatic heterocycles. The van der Waals surface area contributed by atoms with Crippen LogP contribution in [0.15, 0.2) is 18.2 Å². The number of aliphatic hydroxyl groups is 1. The van der Waals surface area contributed by atoms with Crippen LogP contribution in [-0.2, 0) is 6.42 Å². The van der Waals surface area contributed by atoms with E-state index in [1.54, 1.807) is 0 Å². The highest BCUT2D eigenvalue weighted by atomic mass is 16.3. The molecule has 1 aromatic rings. The Morgan fingerprint density at radius 1 is 1.28 bits per heavy atom. The number of aliphatic hydroxyl groups excluding tert-OH is 1. The Morgan fingerprint density at radius 3 is 2.78 bits per heavy atom. The van der Waals surface area contributed by atoms with Gasteiger partial charge in [0, 0.05) is 24.3 Å². The first-order valence-electron chi connectivity index (χ1n) is 7.04. The average molecular weight is 246 g/mol. The lowest BCUT2D eigenvalue weighted by atomic mass is 9.89. The van der Waals surface area contributed by atoms with E-state index in [1.165, 1.54) is 36.8 Å². The number of nitrogens with two attached hydrogens (primary N) is 1. The maximum Gasteiger partial charge on any atom is 0.0558 e. The van der Waals surface area contributed by atoms with E-state index in [0.717, 1.165) is 18.7 Å². The van der Waals surface area contributed by atoms with Gasteiger partial charge in [-0.1, -0.05) is 12.5 Å². The third kappa shape index (κ3) is 2.02. The molecule has 2 aliphatic carbocycles. The van der Waals surface area contributed by atoms with Crippen LogP contribution in [0.5, 0.6) is 0 Å². The highest BCUT2D eigenvalue weighted by Gasteiger charge is 2.34. The van der Waals surface area contributed by atoms with E-state index in [0.29, 0.717) is 12.1 Å². The standard InChI is InChI=1S/C15H22N2O/c16-12-5-6-14-11(10-12)4-7-15(14)17(8-9-18)13-2-1-3-13/h5-6,10,13,15,18H,1-4,7-9,16H2. The van der Waals surface area contributed by atoms with Gasteiger partial charge in [-0.25, -0.2) is 0 Å². The van der Waals surface area contributed by atoms with Crippen LogP contribution in [0.1, 0.15) is 42.9 Å². The van der Waals surface area contributed by atoms with Crippen molar-refractivity contribution in [3.05, 3.63) is 29.3 Å². The molecule has 0 saturated heterocycles. The van der Waals surface area contributed by atoms with E-state index in [2.05, 4.69) is 17.0 Å². The molecular formula is C15H22N2O. The maximum atomic E-state index is 9.30. The lowest BCUT2D eigenvalue weighted by molar-refractivity contribution is 0.0596. The molecule has 1 fully saturated rings.